The number of likely N-dealkylation sites (N-methyl/N-ethyl adjacent to an activating group) is 1. The molecule has 1 amide bonds. The number of nitrogens with zero attached hydrogens (tertiary/aromatic N) is 4. The summed E-state index contributed by atoms with van der Waals surface area (Å²) >= 11 is 1.49. The van der Waals surface area contributed by atoms with Crippen LogP contribution in [0.5, 0.6) is 0 Å². The lowest BCUT2D eigenvalue weighted by Gasteiger charge is -2.40. The third-order valence-electron chi connectivity index (χ3n) is 5.58. The molecule has 0 radical (unpaired) electrons. The van der Waals surface area contributed by atoms with Crippen LogP contribution < -0.4 is 0 Å². The molecule has 0 unspecified atom stereocenters. The highest BCUT2D eigenvalue weighted by atomic mass is 32.1. The van der Waals surface area contributed by atoms with Gasteiger partial charge in [0.2, 0.25) is 5.91 Å². The summed E-state index contributed by atoms with van der Waals surface area (Å²) in [7, 11) is 1.83. The first-order chi connectivity index (χ1) is 15.1. The smallest absolute Gasteiger partial charge is 0.228 e. The lowest BCUT2D eigenvalue weighted by molar-refractivity contribution is -0.141. The zero-order valence-corrected chi connectivity index (χ0v) is 20.0. The van der Waals surface area contributed by atoms with E-state index in [1.54, 1.807) is 23.2 Å². The average molecular weight is 457 g/mol. The van der Waals surface area contributed by atoms with Gasteiger partial charge in [-0.1, -0.05) is 6.92 Å². The van der Waals surface area contributed by atoms with E-state index in [4.69, 9.17) is 9.72 Å². The Morgan fingerprint density at radius 1 is 1.28 bits per heavy atom. The molecule has 170 valence electrons. The van der Waals surface area contributed by atoms with Crippen molar-refractivity contribution in [2.75, 3.05) is 26.8 Å². The molecule has 0 saturated carbocycles. The number of thiazole rings is 1. The number of carbonyl (C=O) groups excluding carboxylic acids is 1. The fraction of sp³-hybridized carbons (Fsp3) is 0.458. The number of hydrogen-bond donors (Lipinski definition) is 0. The van der Waals surface area contributed by atoms with E-state index in [1.807, 2.05) is 17.1 Å². The van der Waals surface area contributed by atoms with Crippen LogP contribution in [-0.2, 0) is 21.5 Å². The molecule has 0 aliphatic carbocycles. The molecule has 1 aliphatic rings. The molecule has 1 aliphatic heterocycles. The largest absolute Gasteiger partial charge is 0.380 e. The lowest BCUT2D eigenvalue weighted by atomic mass is 9.88. The van der Waals surface area contributed by atoms with Gasteiger partial charge in [0.15, 0.2) is 0 Å². The predicted octanol–water partition coefficient (Wildman–Crippen LogP) is 4.61. The highest BCUT2D eigenvalue weighted by Gasteiger charge is 2.35. The van der Waals surface area contributed by atoms with Gasteiger partial charge in [-0.05, 0) is 45.0 Å². The van der Waals surface area contributed by atoms with Crippen molar-refractivity contribution in [3.05, 3.63) is 47.4 Å². The first kappa shape index (κ1) is 22.6. The van der Waals surface area contributed by atoms with Crippen molar-refractivity contribution in [3.63, 3.8) is 0 Å². The van der Waals surface area contributed by atoms with Crippen molar-refractivity contribution in [2.24, 2.45) is 5.41 Å². The van der Waals surface area contributed by atoms with Crippen molar-refractivity contribution in [3.8, 4) is 21.8 Å². The fourth-order valence-corrected chi connectivity index (χ4v) is 4.73. The topological polar surface area (TPSA) is 60.2 Å². The molecule has 32 heavy (non-hydrogen) atoms. The van der Waals surface area contributed by atoms with Crippen LogP contribution in [0.25, 0.3) is 21.8 Å². The second-order valence-electron chi connectivity index (χ2n) is 9.87. The van der Waals surface area contributed by atoms with E-state index in [9.17, 15) is 9.18 Å². The van der Waals surface area contributed by atoms with Crippen LogP contribution >= 0.6 is 11.3 Å². The van der Waals surface area contributed by atoms with E-state index < -0.39 is 0 Å². The average Bonchev–Trinajstić information content (AvgIpc) is 3.34. The highest BCUT2D eigenvalue weighted by Crippen LogP contribution is 2.37. The normalized spacial score (nSPS) is 15.4. The summed E-state index contributed by atoms with van der Waals surface area (Å²) in [6.45, 7) is 10.4. The Bertz CT molecular complexity index is 1110. The number of aromatic nitrogens is 3. The fourth-order valence-electron chi connectivity index (χ4n) is 3.90. The zero-order chi connectivity index (χ0) is 23.1. The van der Waals surface area contributed by atoms with Gasteiger partial charge in [-0.3, -0.25) is 9.48 Å². The van der Waals surface area contributed by atoms with E-state index in [0.717, 1.165) is 27.5 Å². The molecule has 1 saturated heterocycles. The van der Waals surface area contributed by atoms with Crippen molar-refractivity contribution in [1.82, 2.24) is 19.7 Å². The monoisotopic (exact) mass is 456 g/mol. The Kier molecular flexibility index (Phi) is 5.94. The lowest BCUT2D eigenvalue weighted by Crippen LogP contribution is -2.49. The van der Waals surface area contributed by atoms with Crippen LogP contribution in [-0.4, -0.2) is 52.4 Å². The van der Waals surface area contributed by atoms with E-state index in [0.29, 0.717) is 19.8 Å². The summed E-state index contributed by atoms with van der Waals surface area (Å²) < 4.78 is 20.8. The van der Waals surface area contributed by atoms with E-state index in [2.05, 4.69) is 32.8 Å². The Hall–Kier alpha value is -2.58. The second-order valence-corrected chi connectivity index (χ2v) is 10.7. The molecular weight excluding hydrogens is 427 g/mol. The molecule has 6 nitrogen and oxygen atoms in total. The van der Waals surface area contributed by atoms with E-state index in [-0.39, 0.29) is 29.1 Å². The summed E-state index contributed by atoms with van der Waals surface area (Å²) in [5.41, 5.74) is 3.16. The zero-order valence-electron chi connectivity index (χ0n) is 19.2. The summed E-state index contributed by atoms with van der Waals surface area (Å²) in [6.07, 6.45) is 2.06. The number of ether oxygens (including phenoxy) is 1. The first-order valence-electron chi connectivity index (χ1n) is 10.7. The molecular formula is C24H29FN4O2S. The molecule has 3 heterocycles. The maximum atomic E-state index is 13.5. The van der Waals surface area contributed by atoms with Crippen LogP contribution in [0.4, 0.5) is 4.39 Å². The molecule has 1 aromatic carbocycles. The summed E-state index contributed by atoms with van der Waals surface area (Å²) in [5.74, 6) is -0.238. The van der Waals surface area contributed by atoms with Gasteiger partial charge in [0.05, 0.1) is 48.3 Å². The van der Waals surface area contributed by atoms with Crippen molar-refractivity contribution < 1.29 is 13.9 Å². The minimum Gasteiger partial charge on any atom is -0.380 e. The Morgan fingerprint density at radius 2 is 1.97 bits per heavy atom. The van der Waals surface area contributed by atoms with Crippen LogP contribution in [0.15, 0.2) is 35.8 Å². The number of amides is 1. The Balaban J connectivity index is 1.59. The van der Waals surface area contributed by atoms with Gasteiger partial charge in [0, 0.05) is 30.0 Å². The van der Waals surface area contributed by atoms with E-state index >= 15 is 0 Å². The summed E-state index contributed by atoms with van der Waals surface area (Å²) in [5, 5.41) is 7.34. The number of hydrogen-bond acceptors (Lipinski definition) is 5. The Morgan fingerprint density at radius 3 is 2.56 bits per heavy atom. The molecule has 2 aromatic heterocycles. The predicted molar refractivity (Wildman–Crippen MR) is 124 cm³/mol. The number of carbonyl (C=O) groups is 1. The molecule has 4 rings (SSSR count). The molecule has 0 atom stereocenters. The quantitative estimate of drug-likeness (QED) is 0.544. The molecule has 0 bridgehead atoms. The van der Waals surface area contributed by atoms with Crippen LogP contribution in [0.1, 0.15) is 33.4 Å². The third-order valence-corrected chi connectivity index (χ3v) is 6.51. The molecule has 1 fully saturated rings. The minimum atomic E-state index is -0.279. The maximum Gasteiger partial charge on any atom is 0.228 e. The number of halogens is 1. The standard InChI is InChI=1S/C24H29FN4O2S/c1-23(2,3)29-21(16-6-8-17(25)9-7-16)19(11-26-29)22-27-18(12-32-22)10-20(30)28(5)13-24(4)14-31-15-24/h6-9,11-12H,10,13-15H2,1-5H3. The van der Waals surface area contributed by atoms with Crippen molar-refractivity contribution in [2.45, 2.75) is 39.7 Å². The van der Waals surface area contributed by atoms with Gasteiger partial charge in [-0.15, -0.1) is 11.3 Å². The third kappa shape index (κ3) is 4.61. The first-order valence-corrected chi connectivity index (χ1v) is 11.5. The van der Waals surface area contributed by atoms with E-state index in [1.165, 1.54) is 23.5 Å². The summed E-state index contributed by atoms with van der Waals surface area (Å²) in [6, 6.07) is 6.43. The van der Waals surface area contributed by atoms with Gasteiger partial charge in [0.1, 0.15) is 10.8 Å². The van der Waals surface area contributed by atoms with Crippen LogP contribution in [0, 0.1) is 11.2 Å². The van der Waals surface area contributed by atoms with Gasteiger partial charge < -0.3 is 9.64 Å². The summed E-state index contributed by atoms with van der Waals surface area (Å²) in [4.78, 5) is 19.2. The molecule has 8 heteroatoms. The van der Waals surface area contributed by atoms with Gasteiger partial charge in [0.25, 0.3) is 0 Å². The minimum absolute atomic E-state index is 0.0409. The van der Waals surface area contributed by atoms with Crippen LogP contribution in [0.3, 0.4) is 0 Å². The second kappa shape index (κ2) is 8.41. The number of benzene rings is 1. The molecule has 0 N–H and O–H groups in total. The van der Waals surface area contributed by atoms with Gasteiger partial charge >= 0.3 is 0 Å². The molecule has 3 aromatic rings. The van der Waals surface area contributed by atoms with Crippen LogP contribution in [0.2, 0.25) is 0 Å². The maximum absolute atomic E-state index is 13.5. The van der Waals surface area contributed by atoms with Gasteiger partial charge in [-0.25, -0.2) is 9.37 Å². The number of rotatable bonds is 6. The van der Waals surface area contributed by atoms with Crippen molar-refractivity contribution in [1.29, 1.82) is 0 Å². The van der Waals surface area contributed by atoms with Crippen molar-refractivity contribution >= 4 is 17.2 Å². The highest BCUT2D eigenvalue weighted by molar-refractivity contribution is 7.13. The Labute approximate surface area is 192 Å². The van der Waals surface area contributed by atoms with Gasteiger partial charge in [-0.2, -0.15) is 5.10 Å². The molecule has 0 spiro atoms. The SMILES string of the molecule is CN(CC1(C)COC1)C(=O)Cc1csc(-c2cnn(C(C)(C)C)c2-c2ccc(F)cc2)n1.